The molecule has 0 spiro atoms. The summed E-state index contributed by atoms with van der Waals surface area (Å²) in [4.78, 5) is 34.5. The lowest BCUT2D eigenvalue weighted by Gasteiger charge is -2.22. The summed E-state index contributed by atoms with van der Waals surface area (Å²) in [5.74, 6) is -1.46. The summed E-state index contributed by atoms with van der Waals surface area (Å²) in [6, 6.07) is -0.499. The van der Waals surface area contributed by atoms with Crippen LogP contribution in [-0.2, 0) is 9.59 Å². The monoisotopic (exact) mass is 296 g/mol. The smallest absolute Gasteiger partial charge is 0.331 e. The maximum Gasteiger partial charge on any atom is 0.331 e. The predicted molar refractivity (Wildman–Crippen MR) is 78.7 cm³/mol. The second kappa shape index (κ2) is 7.81. The van der Waals surface area contributed by atoms with Crippen LogP contribution in [0.1, 0.15) is 52.9 Å². The lowest BCUT2D eigenvalue weighted by atomic mass is 9.97. The van der Waals surface area contributed by atoms with E-state index < -0.39 is 17.9 Å². The van der Waals surface area contributed by atoms with Crippen molar-refractivity contribution in [2.24, 2.45) is 5.92 Å². The van der Waals surface area contributed by atoms with Crippen LogP contribution in [0.15, 0.2) is 11.1 Å². The van der Waals surface area contributed by atoms with Gasteiger partial charge in [-0.2, -0.15) is 0 Å². The number of carboxylic acids is 1. The molecule has 1 saturated carbocycles. The molecule has 1 aliphatic carbocycles. The molecule has 2 atom stereocenters. The fourth-order valence-electron chi connectivity index (χ4n) is 2.44. The largest absolute Gasteiger partial charge is 0.478 e. The Morgan fingerprint density at radius 3 is 2.24 bits per heavy atom. The molecule has 3 amide bonds. The van der Waals surface area contributed by atoms with E-state index in [0.29, 0.717) is 5.92 Å². The number of hydrogen-bond acceptors (Lipinski definition) is 3. The van der Waals surface area contributed by atoms with Gasteiger partial charge in [0.15, 0.2) is 0 Å². The van der Waals surface area contributed by atoms with E-state index in [4.69, 9.17) is 5.11 Å². The number of rotatable bonds is 3. The van der Waals surface area contributed by atoms with Crippen molar-refractivity contribution in [3.8, 4) is 0 Å². The van der Waals surface area contributed by atoms with Crippen LogP contribution in [0.3, 0.4) is 0 Å². The Morgan fingerprint density at radius 1 is 1.00 bits per heavy atom. The Hall–Kier alpha value is -1.85. The molecule has 1 fully saturated rings. The maximum absolute atomic E-state index is 11.9. The summed E-state index contributed by atoms with van der Waals surface area (Å²) in [5, 5.41) is 13.8. The molecule has 118 valence electrons. The quantitative estimate of drug-likeness (QED) is 0.549. The van der Waals surface area contributed by atoms with Gasteiger partial charge in [0.05, 0.1) is 0 Å². The SMILES string of the molecule is CC(C(=O)O)=C(C)C(=O)NC(=O)NC1CCCCCC1C. The van der Waals surface area contributed by atoms with Crippen molar-refractivity contribution in [2.75, 3.05) is 0 Å². The van der Waals surface area contributed by atoms with E-state index in [1.54, 1.807) is 0 Å². The first-order chi connectivity index (χ1) is 9.82. The minimum absolute atomic E-state index is 0.0339. The first kappa shape index (κ1) is 17.2. The molecule has 3 N–H and O–H groups in total. The third-order valence-corrected chi connectivity index (χ3v) is 4.13. The number of nitrogens with one attached hydrogen (secondary N) is 2. The fourth-order valence-corrected chi connectivity index (χ4v) is 2.44. The highest BCUT2D eigenvalue weighted by Gasteiger charge is 2.23. The summed E-state index contributed by atoms with van der Waals surface area (Å²) in [6.45, 7) is 4.82. The standard InChI is InChI=1S/C15H24N2O4/c1-9-7-5-4-6-8-12(9)16-15(21)17-13(18)10(2)11(3)14(19)20/h9,12H,4-8H2,1-3H3,(H,19,20)(H2,16,17,18,21). The summed E-state index contributed by atoms with van der Waals surface area (Å²) in [7, 11) is 0. The van der Waals surface area contributed by atoms with Crippen molar-refractivity contribution in [2.45, 2.75) is 58.9 Å². The Labute approximate surface area is 125 Å². The van der Waals surface area contributed by atoms with Crippen molar-refractivity contribution >= 4 is 17.9 Å². The van der Waals surface area contributed by atoms with Crippen molar-refractivity contribution in [3.05, 3.63) is 11.1 Å². The fraction of sp³-hybridized carbons (Fsp3) is 0.667. The van der Waals surface area contributed by atoms with Gasteiger partial charge in [-0.15, -0.1) is 0 Å². The summed E-state index contributed by atoms with van der Waals surface area (Å²) < 4.78 is 0. The van der Waals surface area contributed by atoms with E-state index in [0.717, 1.165) is 19.3 Å². The Balaban J connectivity index is 2.58. The molecule has 0 aromatic carbocycles. The number of imide groups is 1. The number of carboxylic acid groups (broad SMARTS) is 1. The number of hydrogen-bond donors (Lipinski definition) is 3. The zero-order valence-electron chi connectivity index (χ0n) is 12.9. The molecule has 0 heterocycles. The average Bonchev–Trinajstić information content (AvgIpc) is 2.62. The van der Waals surface area contributed by atoms with Crippen molar-refractivity contribution in [1.82, 2.24) is 10.6 Å². The lowest BCUT2D eigenvalue weighted by molar-refractivity contribution is -0.133. The van der Waals surface area contributed by atoms with E-state index in [2.05, 4.69) is 17.6 Å². The molecule has 0 aromatic heterocycles. The van der Waals surface area contributed by atoms with Crippen molar-refractivity contribution < 1.29 is 19.5 Å². The van der Waals surface area contributed by atoms with E-state index >= 15 is 0 Å². The topological polar surface area (TPSA) is 95.5 Å². The highest BCUT2D eigenvalue weighted by atomic mass is 16.4. The summed E-state index contributed by atoms with van der Waals surface area (Å²) in [5.41, 5.74) is -0.0327. The van der Waals surface area contributed by atoms with Crippen LogP contribution in [0.4, 0.5) is 4.79 Å². The Kier molecular flexibility index (Phi) is 6.39. The second-order valence-corrected chi connectivity index (χ2v) is 5.70. The second-order valence-electron chi connectivity index (χ2n) is 5.70. The van der Waals surface area contributed by atoms with Crippen LogP contribution in [0.5, 0.6) is 0 Å². The Morgan fingerprint density at radius 2 is 1.62 bits per heavy atom. The van der Waals surface area contributed by atoms with E-state index in [1.807, 2.05) is 0 Å². The van der Waals surface area contributed by atoms with Gasteiger partial charge in [-0.05, 0) is 32.6 Å². The summed E-state index contributed by atoms with van der Waals surface area (Å²) >= 11 is 0. The zero-order chi connectivity index (χ0) is 16.0. The highest BCUT2D eigenvalue weighted by molar-refractivity contribution is 6.07. The minimum Gasteiger partial charge on any atom is -0.478 e. The molecule has 0 aliphatic heterocycles. The molecule has 21 heavy (non-hydrogen) atoms. The van der Waals surface area contributed by atoms with Crippen LogP contribution in [-0.4, -0.2) is 29.1 Å². The zero-order valence-corrected chi connectivity index (χ0v) is 12.9. The normalized spacial score (nSPS) is 23.6. The van der Waals surface area contributed by atoms with Gasteiger partial charge in [0.1, 0.15) is 0 Å². The molecular formula is C15H24N2O4. The average molecular weight is 296 g/mol. The molecule has 0 radical (unpaired) electrons. The lowest BCUT2D eigenvalue weighted by Crippen LogP contribution is -2.47. The van der Waals surface area contributed by atoms with E-state index in [1.165, 1.54) is 26.7 Å². The van der Waals surface area contributed by atoms with Crippen LogP contribution in [0.2, 0.25) is 0 Å². The van der Waals surface area contributed by atoms with Gasteiger partial charge in [0.2, 0.25) is 0 Å². The first-order valence-electron chi connectivity index (χ1n) is 7.35. The van der Waals surface area contributed by atoms with Gasteiger partial charge < -0.3 is 10.4 Å². The molecular weight excluding hydrogens is 272 g/mol. The molecule has 1 aliphatic rings. The van der Waals surface area contributed by atoms with E-state index in [-0.39, 0.29) is 17.2 Å². The third-order valence-electron chi connectivity index (χ3n) is 4.13. The molecule has 0 aromatic rings. The Bertz CT molecular complexity index is 457. The first-order valence-corrected chi connectivity index (χ1v) is 7.35. The van der Waals surface area contributed by atoms with Gasteiger partial charge in [0, 0.05) is 17.2 Å². The van der Waals surface area contributed by atoms with Crippen molar-refractivity contribution in [1.29, 1.82) is 0 Å². The van der Waals surface area contributed by atoms with Gasteiger partial charge in [-0.1, -0.05) is 26.2 Å². The van der Waals surface area contributed by atoms with Gasteiger partial charge in [-0.25, -0.2) is 9.59 Å². The molecule has 2 unspecified atom stereocenters. The summed E-state index contributed by atoms with van der Waals surface area (Å²) in [6.07, 6.45) is 5.38. The highest BCUT2D eigenvalue weighted by Crippen LogP contribution is 2.22. The molecule has 0 saturated heterocycles. The van der Waals surface area contributed by atoms with Crippen molar-refractivity contribution in [3.63, 3.8) is 0 Å². The molecule has 6 heteroatoms. The number of urea groups is 1. The number of carbonyl (C=O) groups excluding carboxylic acids is 2. The molecule has 6 nitrogen and oxygen atoms in total. The third kappa shape index (κ3) is 5.21. The van der Waals surface area contributed by atoms with Gasteiger partial charge >= 0.3 is 12.0 Å². The predicted octanol–water partition coefficient (Wildman–Crippen LogP) is 2.20. The molecule has 1 rings (SSSR count). The maximum atomic E-state index is 11.9. The van der Waals surface area contributed by atoms with Gasteiger partial charge in [-0.3, -0.25) is 10.1 Å². The van der Waals surface area contributed by atoms with Crippen LogP contribution < -0.4 is 10.6 Å². The number of amides is 3. The number of aliphatic carboxylic acids is 1. The van der Waals surface area contributed by atoms with E-state index in [9.17, 15) is 14.4 Å². The van der Waals surface area contributed by atoms with Crippen LogP contribution in [0, 0.1) is 5.92 Å². The molecule has 0 bridgehead atoms. The van der Waals surface area contributed by atoms with Crippen LogP contribution >= 0.6 is 0 Å². The van der Waals surface area contributed by atoms with Crippen LogP contribution in [0.25, 0.3) is 0 Å². The minimum atomic E-state index is -1.17. The number of carbonyl (C=O) groups is 3. The van der Waals surface area contributed by atoms with Gasteiger partial charge in [0.25, 0.3) is 5.91 Å².